The average molecular weight is 452 g/mol. The predicted octanol–water partition coefficient (Wildman–Crippen LogP) is 3.94. The highest BCUT2D eigenvalue weighted by Gasteiger charge is 2.38. The van der Waals surface area contributed by atoms with Crippen molar-refractivity contribution in [2.24, 2.45) is 0 Å². The van der Waals surface area contributed by atoms with E-state index in [-0.39, 0.29) is 11.6 Å². The number of hydrogen-bond donors (Lipinski definition) is 2. The Morgan fingerprint density at radius 2 is 2.19 bits per heavy atom. The monoisotopic (exact) mass is 451 g/mol. The third-order valence-corrected chi connectivity index (χ3v) is 7.10. The summed E-state index contributed by atoms with van der Waals surface area (Å²) < 4.78 is 8.25. The number of fused-ring (bicyclic) bond motifs is 4. The van der Waals surface area contributed by atoms with Crippen molar-refractivity contribution in [3.63, 3.8) is 0 Å². The Bertz CT molecular complexity index is 1340. The second kappa shape index (κ2) is 7.16. The summed E-state index contributed by atoms with van der Waals surface area (Å²) >= 11 is 6.89. The number of rotatable bonds is 3. The maximum absolute atomic E-state index is 6.89. The third-order valence-electron chi connectivity index (χ3n) is 6.71. The zero-order valence-electron chi connectivity index (χ0n) is 18.2. The third kappa shape index (κ3) is 2.93. The average Bonchev–Trinajstić information content (AvgIpc) is 3.45. The van der Waals surface area contributed by atoms with E-state index in [4.69, 9.17) is 22.1 Å². The standard InChI is InChI=1S/C23H26ClN7O/c1-23(2)11-30(9-13-5-4-8-32-13)10-15-16(17-20(25)27-12-28-22(17)31(15)23)19-18(24)14-6-3-7-26-21(14)29-19/h3,6-7,12-13H,4-5,8-11H2,1-2H3,(H,26,29)(H2,25,27,28)/t13-/m1/s1. The molecule has 0 radical (unpaired) electrons. The molecule has 8 nitrogen and oxygen atoms in total. The number of anilines is 1. The van der Waals surface area contributed by atoms with E-state index in [2.05, 4.69) is 43.3 Å². The van der Waals surface area contributed by atoms with Crippen LogP contribution in [0.2, 0.25) is 5.02 Å². The molecule has 2 aliphatic heterocycles. The molecule has 1 atom stereocenters. The van der Waals surface area contributed by atoms with Gasteiger partial charge in [0.2, 0.25) is 0 Å². The normalized spacial score (nSPS) is 20.9. The van der Waals surface area contributed by atoms with Gasteiger partial charge in [0.25, 0.3) is 0 Å². The SMILES string of the molecule is CC1(C)CN(C[C@H]2CCCO2)Cc2c(-c3[nH]c4ncccc4c3Cl)c3c(N)ncnc3n21. The van der Waals surface area contributed by atoms with E-state index in [0.29, 0.717) is 10.8 Å². The Kier molecular flexibility index (Phi) is 4.47. The van der Waals surface area contributed by atoms with E-state index in [1.54, 1.807) is 6.20 Å². The van der Waals surface area contributed by atoms with Crippen LogP contribution in [0.4, 0.5) is 5.82 Å². The molecule has 4 aromatic heterocycles. The van der Waals surface area contributed by atoms with Crippen LogP contribution in [0.15, 0.2) is 24.7 Å². The molecule has 1 saturated heterocycles. The van der Waals surface area contributed by atoms with E-state index < -0.39 is 0 Å². The van der Waals surface area contributed by atoms with Crippen molar-refractivity contribution >= 4 is 39.5 Å². The van der Waals surface area contributed by atoms with Crippen LogP contribution in [0.5, 0.6) is 0 Å². The molecule has 6 heterocycles. The fraction of sp³-hybridized carbons (Fsp3) is 0.435. The van der Waals surface area contributed by atoms with Crippen molar-refractivity contribution in [2.45, 2.75) is 44.9 Å². The largest absolute Gasteiger partial charge is 0.383 e. The molecule has 9 heteroatoms. The van der Waals surface area contributed by atoms with Crippen LogP contribution in [0.3, 0.4) is 0 Å². The summed E-state index contributed by atoms with van der Waals surface area (Å²) in [7, 11) is 0. The number of pyridine rings is 1. The lowest BCUT2D eigenvalue weighted by Gasteiger charge is -2.41. The lowest BCUT2D eigenvalue weighted by molar-refractivity contribution is 0.0461. The summed E-state index contributed by atoms with van der Waals surface area (Å²) in [5.74, 6) is 0.455. The van der Waals surface area contributed by atoms with Gasteiger partial charge in [0.15, 0.2) is 0 Å². The van der Waals surface area contributed by atoms with Crippen LogP contribution in [0, 0.1) is 0 Å². The molecule has 0 unspecified atom stereocenters. The molecule has 0 aromatic carbocycles. The van der Waals surface area contributed by atoms with Crippen LogP contribution in [0.1, 0.15) is 32.4 Å². The summed E-state index contributed by atoms with van der Waals surface area (Å²) in [4.78, 5) is 19.4. The van der Waals surface area contributed by atoms with Gasteiger partial charge in [0.05, 0.1) is 27.7 Å². The molecule has 0 saturated carbocycles. The second-order valence-electron chi connectivity index (χ2n) is 9.45. The first-order valence-electron chi connectivity index (χ1n) is 11.0. The van der Waals surface area contributed by atoms with Crippen molar-refractivity contribution in [3.05, 3.63) is 35.4 Å². The van der Waals surface area contributed by atoms with E-state index in [1.165, 1.54) is 6.33 Å². The molecule has 32 heavy (non-hydrogen) atoms. The van der Waals surface area contributed by atoms with E-state index in [9.17, 15) is 0 Å². The maximum Gasteiger partial charge on any atom is 0.146 e. The van der Waals surface area contributed by atoms with Crippen LogP contribution in [-0.4, -0.2) is 55.2 Å². The number of nitrogens with zero attached hydrogens (tertiary/aromatic N) is 5. The first-order valence-corrected chi connectivity index (χ1v) is 11.4. The minimum Gasteiger partial charge on any atom is -0.383 e. The first kappa shape index (κ1) is 20.0. The van der Waals surface area contributed by atoms with Crippen molar-refractivity contribution in [2.75, 3.05) is 25.4 Å². The highest BCUT2D eigenvalue weighted by Crippen LogP contribution is 2.45. The second-order valence-corrected chi connectivity index (χ2v) is 9.82. The lowest BCUT2D eigenvalue weighted by atomic mass is 9.98. The van der Waals surface area contributed by atoms with E-state index >= 15 is 0 Å². The highest BCUT2D eigenvalue weighted by molar-refractivity contribution is 6.38. The predicted molar refractivity (Wildman–Crippen MR) is 126 cm³/mol. The van der Waals surface area contributed by atoms with Gasteiger partial charge >= 0.3 is 0 Å². The lowest BCUT2D eigenvalue weighted by Crippen LogP contribution is -2.48. The summed E-state index contributed by atoms with van der Waals surface area (Å²) in [6, 6.07) is 3.87. The van der Waals surface area contributed by atoms with Crippen LogP contribution >= 0.6 is 11.6 Å². The summed E-state index contributed by atoms with van der Waals surface area (Å²) in [6.45, 7) is 7.91. The number of halogens is 1. The quantitative estimate of drug-likeness (QED) is 0.489. The van der Waals surface area contributed by atoms with Gasteiger partial charge in [-0.25, -0.2) is 15.0 Å². The zero-order chi connectivity index (χ0) is 22.0. The summed E-state index contributed by atoms with van der Waals surface area (Å²) in [5, 5.41) is 2.36. The number of aromatic nitrogens is 5. The van der Waals surface area contributed by atoms with Gasteiger partial charge in [-0.1, -0.05) is 11.6 Å². The van der Waals surface area contributed by atoms with Crippen molar-refractivity contribution in [1.82, 2.24) is 29.4 Å². The fourth-order valence-electron chi connectivity index (χ4n) is 5.51. The molecular formula is C23H26ClN7O. The Labute approximate surface area is 190 Å². The molecule has 4 aromatic rings. The molecule has 2 aliphatic rings. The van der Waals surface area contributed by atoms with Crippen molar-refractivity contribution in [1.29, 1.82) is 0 Å². The Morgan fingerprint density at radius 3 is 2.97 bits per heavy atom. The molecule has 0 bridgehead atoms. The maximum atomic E-state index is 6.89. The molecule has 1 fully saturated rings. The van der Waals surface area contributed by atoms with E-state index in [0.717, 1.165) is 78.1 Å². The van der Waals surface area contributed by atoms with Gasteiger partial charge in [-0.15, -0.1) is 0 Å². The van der Waals surface area contributed by atoms with Gasteiger partial charge in [-0.05, 0) is 38.8 Å². The Balaban J connectivity index is 1.60. The number of nitrogens with one attached hydrogen (secondary N) is 1. The van der Waals surface area contributed by atoms with Crippen LogP contribution < -0.4 is 5.73 Å². The molecule has 0 spiro atoms. The van der Waals surface area contributed by atoms with Gasteiger partial charge < -0.3 is 20.0 Å². The fourth-order valence-corrected chi connectivity index (χ4v) is 5.80. The number of nitrogens with two attached hydrogens (primary N) is 1. The highest BCUT2D eigenvalue weighted by atomic mass is 35.5. The minimum absolute atomic E-state index is 0.194. The van der Waals surface area contributed by atoms with Gasteiger partial charge in [-0.2, -0.15) is 0 Å². The number of H-pyrrole nitrogens is 1. The van der Waals surface area contributed by atoms with Gasteiger partial charge in [-0.3, -0.25) is 4.90 Å². The van der Waals surface area contributed by atoms with Crippen LogP contribution in [0.25, 0.3) is 33.3 Å². The molecular weight excluding hydrogens is 426 g/mol. The van der Waals surface area contributed by atoms with Crippen molar-refractivity contribution in [3.8, 4) is 11.3 Å². The van der Waals surface area contributed by atoms with E-state index in [1.807, 2.05) is 12.1 Å². The number of nitrogen functional groups attached to an aromatic ring is 1. The van der Waals surface area contributed by atoms with Crippen molar-refractivity contribution < 1.29 is 4.74 Å². The smallest absolute Gasteiger partial charge is 0.146 e. The summed E-state index contributed by atoms with van der Waals surface area (Å²) in [6.07, 6.45) is 5.84. The number of ether oxygens (including phenoxy) is 1. The minimum atomic E-state index is -0.194. The molecule has 3 N–H and O–H groups in total. The first-order chi connectivity index (χ1) is 15.4. The molecule has 0 aliphatic carbocycles. The Morgan fingerprint density at radius 1 is 1.31 bits per heavy atom. The number of hydrogen-bond acceptors (Lipinski definition) is 6. The topological polar surface area (TPSA) is 97.9 Å². The number of aromatic amines is 1. The zero-order valence-corrected chi connectivity index (χ0v) is 19.0. The summed E-state index contributed by atoms with van der Waals surface area (Å²) in [5.41, 5.74) is 10.7. The van der Waals surface area contributed by atoms with Gasteiger partial charge in [0.1, 0.15) is 23.4 Å². The molecule has 0 amide bonds. The molecule has 6 rings (SSSR count). The Hall–Kier alpha value is -2.68. The molecule has 166 valence electrons. The van der Waals surface area contributed by atoms with Crippen LogP contribution in [-0.2, 0) is 16.8 Å². The van der Waals surface area contributed by atoms with Gasteiger partial charge in [0, 0.05) is 49.1 Å².